The van der Waals surface area contributed by atoms with E-state index >= 15 is 0 Å². The molecule has 1 saturated carbocycles. The molecule has 1 aliphatic rings. The molecule has 18 heavy (non-hydrogen) atoms. The Balaban J connectivity index is 1.76. The van der Waals surface area contributed by atoms with E-state index in [1.807, 2.05) is 17.8 Å². The minimum atomic E-state index is -0.103. The molecule has 94 valence electrons. The van der Waals surface area contributed by atoms with Crippen molar-refractivity contribution in [2.24, 2.45) is 7.05 Å². The van der Waals surface area contributed by atoms with Gasteiger partial charge in [0.2, 0.25) is 0 Å². The maximum Gasteiger partial charge on any atom is 0.252 e. The van der Waals surface area contributed by atoms with E-state index < -0.39 is 0 Å². The van der Waals surface area contributed by atoms with Gasteiger partial charge in [0, 0.05) is 31.4 Å². The normalized spacial score (nSPS) is 14.7. The molecule has 2 N–H and O–H groups in total. The number of hydrogen-bond donors (Lipinski definition) is 2. The number of hydrogen-bond acceptors (Lipinski definition) is 4. The SMILES string of the molecule is Cn1ccnc1CNc1cc(=O)[nH]c(C2CC2)n1. The molecule has 0 atom stereocenters. The van der Waals surface area contributed by atoms with E-state index in [2.05, 4.69) is 20.3 Å². The highest BCUT2D eigenvalue weighted by atomic mass is 16.1. The average molecular weight is 245 g/mol. The van der Waals surface area contributed by atoms with Crippen molar-refractivity contribution in [2.75, 3.05) is 5.32 Å². The van der Waals surface area contributed by atoms with Crippen molar-refractivity contribution in [1.29, 1.82) is 0 Å². The fourth-order valence-corrected chi connectivity index (χ4v) is 1.85. The number of aromatic nitrogens is 4. The van der Waals surface area contributed by atoms with Crippen LogP contribution in [0.25, 0.3) is 0 Å². The Labute approximate surface area is 104 Å². The number of H-pyrrole nitrogens is 1. The Morgan fingerprint density at radius 1 is 1.56 bits per heavy atom. The molecule has 0 unspecified atom stereocenters. The zero-order valence-electron chi connectivity index (χ0n) is 10.2. The summed E-state index contributed by atoms with van der Waals surface area (Å²) in [7, 11) is 1.94. The number of rotatable bonds is 4. The number of aryl methyl sites for hydroxylation is 1. The molecule has 0 aromatic carbocycles. The van der Waals surface area contributed by atoms with Gasteiger partial charge in [-0.25, -0.2) is 9.97 Å². The van der Waals surface area contributed by atoms with Gasteiger partial charge in [-0.05, 0) is 12.8 Å². The van der Waals surface area contributed by atoms with E-state index in [0.29, 0.717) is 18.3 Å². The average Bonchev–Trinajstić information content (AvgIpc) is 3.11. The van der Waals surface area contributed by atoms with E-state index in [1.54, 1.807) is 6.20 Å². The summed E-state index contributed by atoms with van der Waals surface area (Å²) in [5.74, 6) is 2.76. The summed E-state index contributed by atoms with van der Waals surface area (Å²) in [4.78, 5) is 22.9. The van der Waals surface area contributed by atoms with Gasteiger partial charge in [0.25, 0.3) is 5.56 Å². The van der Waals surface area contributed by atoms with Gasteiger partial charge >= 0.3 is 0 Å². The molecule has 0 aliphatic heterocycles. The third-order valence-electron chi connectivity index (χ3n) is 3.07. The summed E-state index contributed by atoms with van der Waals surface area (Å²) < 4.78 is 1.93. The predicted molar refractivity (Wildman–Crippen MR) is 67.4 cm³/mol. The van der Waals surface area contributed by atoms with E-state index in [-0.39, 0.29) is 5.56 Å². The predicted octanol–water partition coefficient (Wildman–Crippen LogP) is 0.993. The molecule has 0 bridgehead atoms. The first-order valence-corrected chi connectivity index (χ1v) is 6.04. The lowest BCUT2D eigenvalue weighted by atomic mass is 10.4. The maximum atomic E-state index is 11.5. The van der Waals surface area contributed by atoms with Crippen molar-refractivity contribution in [3.63, 3.8) is 0 Å². The molecular formula is C12H15N5O. The second-order valence-electron chi connectivity index (χ2n) is 4.60. The van der Waals surface area contributed by atoms with Crippen LogP contribution in [0.2, 0.25) is 0 Å². The second kappa shape index (κ2) is 4.29. The van der Waals surface area contributed by atoms with Crippen LogP contribution in [0, 0.1) is 0 Å². The molecule has 0 radical (unpaired) electrons. The van der Waals surface area contributed by atoms with Gasteiger partial charge in [-0.3, -0.25) is 4.79 Å². The summed E-state index contributed by atoms with van der Waals surface area (Å²) >= 11 is 0. The fraction of sp³-hybridized carbons (Fsp3) is 0.417. The van der Waals surface area contributed by atoms with Gasteiger partial charge in [-0.2, -0.15) is 0 Å². The van der Waals surface area contributed by atoms with Crippen LogP contribution < -0.4 is 10.9 Å². The van der Waals surface area contributed by atoms with Gasteiger partial charge in [0.15, 0.2) is 0 Å². The van der Waals surface area contributed by atoms with Crippen molar-refractivity contribution < 1.29 is 0 Å². The minimum Gasteiger partial charge on any atom is -0.363 e. The molecule has 3 rings (SSSR count). The van der Waals surface area contributed by atoms with Gasteiger partial charge in [0.05, 0.1) is 6.54 Å². The van der Waals surface area contributed by atoms with Crippen molar-refractivity contribution >= 4 is 5.82 Å². The lowest BCUT2D eigenvalue weighted by Crippen LogP contribution is -2.14. The number of nitrogens with zero attached hydrogens (tertiary/aromatic N) is 3. The number of imidazole rings is 1. The van der Waals surface area contributed by atoms with E-state index in [0.717, 1.165) is 24.5 Å². The third-order valence-corrected chi connectivity index (χ3v) is 3.07. The van der Waals surface area contributed by atoms with Crippen LogP contribution in [-0.4, -0.2) is 19.5 Å². The molecule has 6 heteroatoms. The molecule has 0 amide bonds. The smallest absolute Gasteiger partial charge is 0.252 e. The van der Waals surface area contributed by atoms with Crippen LogP contribution in [0.15, 0.2) is 23.3 Å². The fourth-order valence-electron chi connectivity index (χ4n) is 1.85. The lowest BCUT2D eigenvalue weighted by molar-refractivity contribution is 0.807. The molecule has 1 fully saturated rings. The Morgan fingerprint density at radius 2 is 2.39 bits per heavy atom. The first-order chi connectivity index (χ1) is 8.72. The van der Waals surface area contributed by atoms with E-state index in [4.69, 9.17) is 0 Å². The summed E-state index contributed by atoms with van der Waals surface area (Å²) in [6, 6.07) is 1.48. The molecule has 0 saturated heterocycles. The van der Waals surface area contributed by atoms with Gasteiger partial charge in [0.1, 0.15) is 17.5 Å². The van der Waals surface area contributed by atoms with E-state index in [9.17, 15) is 4.79 Å². The van der Waals surface area contributed by atoms with Crippen LogP contribution in [0.3, 0.4) is 0 Å². The highest BCUT2D eigenvalue weighted by Crippen LogP contribution is 2.37. The molecule has 2 aromatic rings. The largest absolute Gasteiger partial charge is 0.363 e. The highest BCUT2D eigenvalue weighted by Gasteiger charge is 2.26. The molecule has 0 spiro atoms. The number of aromatic amines is 1. The van der Waals surface area contributed by atoms with Crippen molar-refractivity contribution in [2.45, 2.75) is 25.3 Å². The quantitative estimate of drug-likeness (QED) is 0.842. The lowest BCUT2D eigenvalue weighted by Gasteiger charge is -2.06. The summed E-state index contributed by atoms with van der Waals surface area (Å²) in [5, 5.41) is 3.14. The van der Waals surface area contributed by atoms with Crippen LogP contribution >= 0.6 is 0 Å². The van der Waals surface area contributed by atoms with Crippen molar-refractivity contribution in [1.82, 2.24) is 19.5 Å². The number of nitrogens with one attached hydrogen (secondary N) is 2. The molecule has 2 aromatic heterocycles. The number of anilines is 1. The van der Waals surface area contributed by atoms with Crippen molar-refractivity contribution in [3.05, 3.63) is 40.5 Å². The highest BCUT2D eigenvalue weighted by molar-refractivity contribution is 5.34. The third kappa shape index (κ3) is 2.27. The Morgan fingerprint density at radius 3 is 3.06 bits per heavy atom. The zero-order chi connectivity index (χ0) is 12.5. The molecular weight excluding hydrogens is 230 g/mol. The standard InChI is InChI=1S/C12H15N5O/c1-17-5-4-13-10(17)7-14-9-6-11(18)16-12(15-9)8-2-3-8/h4-6,8H,2-3,7H2,1H3,(H2,14,15,16,18). The first-order valence-electron chi connectivity index (χ1n) is 6.04. The van der Waals surface area contributed by atoms with Gasteiger partial charge < -0.3 is 14.9 Å². The minimum absolute atomic E-state index is 0.103. The summed E-state index contributed by atoms with van der Waals surface area (Å²) in [6.45, 7) is 0.560. The van der Waals surface area contributed by atoms with Crippen LogP contribution in [0.5, 0.6) is 0 Å². The monoisotopic (exact) mass is 245 g/mol. The summed E-state index contributed by atoms with van der Waals surface area (Å²) in [6.07, 6.45) is 5.87. The van der Waals surface area contributed by atoms with Gasteiger partial charge in [-0.1, -0.05) is 0 Å². The van der Waals surface area contributed by atoms with E-state index in [1.165, 1.54) is 6.07 Å². The molecule has 2 heterocycles. The van der Waals surface area contributed by atoms with Gasteiger partial charge in [-0.15, -0.1) is 0 Å². The van der Waals surface area contributed by atoms with Crippen LogP contribution in [0.1, 0.15) is 30.4 Å². The Bertz CT molecular complexity index is 611. The second-order valence-corrected chi connectivity index (χ2v) is 4.60. The summed E-state index contributed by atoms with van der Waals surface area (Å²) in [5.41, 5.74) is -0.103. The van der Waals surface area contributed by atoms with Crippen molar-refractivity contribution in [3.8, 4) is 0 Å². The first kappa shape index (κ1) is 11.0. The maximum absolute atomic E-state index is 11.5. The topological polar surface area (TPSA) is 75.6 Å². The zero-order valence-corrected chi connectivity index (χ0v) is 10.2. The Kier molecular flexibility index (Phi) is 2.62. The molecule has 6 nitrogen and oxygen atoms in total. The molecule has 1 aliphatic carbocycles. The van der Waals surface area contributed by atoms with Crippen LogP contribution in [-0.2, 0) is 13.6 Å². The Hall–Kier alpha value is -2.11. The van der Waals surface area contributed by atoms with Crippen LogP contribution in [0.4, 0.5) is 5.82 Å².